The van der Waals surface area contributed by atoms with Crippen molar-refractivity contribution in [3.05, 3.63) is 318 Å². The molecule has 466 valence electrons. The van der Waals surface area contributed by atoms with Crippen molar-refractivity contribution in [3.8, 4) is 9.75 Å². The molecule has 0 spiro atoms. The van der Waals surface area contributed by atoms with Crippen LogP contribution in [0.3, 0.4) is 0 Å². The Labute approximate surface area is 564 Å². The second-order valence-corrected chi connectivity index (χ2v) is 27.5. The first-order valence-electron chi connectivity index (χ1n) is 31.2. The van der Waals surface area contributed by atoms with Crippen molar-refractivity contribution in [1.29, 1.82) is 0 Å². The predicted octanol–water partition coefficient (Wildman–Crippen LogP) is 17.0. The van der Waals surface area contributed by atoms with Crippen LogP contribution in [0, 0.1) is 0 Å². The predicted molar refractivity (Wildman–Crippen MR) is 375 cm³/mol. The third-order valence-corrected chi connectivity index (χ3v) is 22.3. The highest BCUT2D eigenvalue weighted by Gasteiger charge is 2.68. The summed E-state index contributed by atoms with van der Waals surface area (Å²) in [4.78, 5) is 127. The fourth-order valence-corrected chi connectivity index (χ4v) is 18.2. The van der Waals surface area contributed by atoms with Gasteiger partial charge in [0.1, 0.15) is 26.4 Å². The molecule has 12 nitrogen and oxygen atoms in total. The van der Waals surface area contributed by atoms with Gasteiger partial charge in [-0.3, -0.25) is 38.4 Å². The van der Waals surface area contributed by atoms with Crippen molar-refractivity contribution < 1.29 is 57.3 Å². The van der Waals surface area contributed by atoms with Crippen LogP contribution in [0.5, 0.6) is 0 Å². The van der Waals surface area contributed by atoms with Crippen LogP contribution >= 0.6 is 34.0 Å². The third kappa shape index (κ3) is 9.43. The molecule has 0 bridgehead atoms. The molecule has 0 fully saturated rings. The van der Waals surface area contributed by atoms with E-state index in [2.05, 4.69) is 0 Å². The Balaban J connectivity index is 0.881. The Morgan fingerprint density at radius 3 is 1.06 bits per heavy atom. The zero-order chi connectivity index (χ0) is 65.8. The second-order valence-electron chi connectivity index (χ2n) is 24.4. The summed E-state index contributed by atoms with van der Waals surface area (Å²) in [6.45, 7) is -1.44. The molecule has 0 atom stereocenters. The van der Waals surface area contributed by atoms with Gasteiger partial charge in [-0.05, 0) is 144 Å². The lowest BCUT2D eigenvalue weighted by Gasteiger charge is -2.33. The number of benzene rings is 10. The average molecular weight is 1320 g/mol. The SMILES string of the molecule is O=C1C(=CC2=Cc3sc4c(c3C2(C(=O)OCc2ccccc2)C(=O)OCc2ccccc2)C(C(=O)OCc2ccccc2)(C(=O)OCc2ccccc2)c2c-4sc3cc(C=C4C(=O)c5cc6cc7ccccc7cc6cc5C4=O)sc23)C(=O)c2cc3cc4ccccc4cc3cc21. The Kier molecular flexibility index (Phi) is 14.1. The number of ether oxygens (including phenoxy) is 4. The van der Waals surface area contributed by atoms with Crippen LogP contribution < -0.4 is 0 Å². The molecular formula is C82H48O12S3. The minimum absolute atomic E-state index is 0.0714. The smallest absolute Gasteiger partial charge is 0.333 e. The quantitative estimate of drug-likeness (QED) is 0.0252. The van der Waals surface area contributed by atoms with Gasteiger partial charge in [-0.2, -0.15) is 0 Å². The van der Waals surface area contributed by atoms with Crippen LogP contribution in [0.25, 0.3) is 74.4 Å². The molecule has 0 radical (unpaired) electrons. The molecule has 97 heavy (non-hydrogen) atoms. The second kappa shape index (κ2) is 23.1. The summed E-state index contributed by atoms with van der Waals surface area (Å²) in [7, 11) is 0. The zero-order valence-electron chi connectivity index (χ0n) is 51.0. The van der Waals surface area contributed by atoms with Gasteiger partial charge in [0.25, 0.3) is 0 Å². The Morgan fingerprint density at radius 2 is 0.680 bits per heavy atom. The molecule has 17 rings (SSSR count). The minimum Gasteiger partial charge on any atom is -0.459 e. The molecule has 0 unspecified atom stereocenters. The van der Waals surface area contributed by atoms with Crippen molar-refractivity contribution in [3.63, 3.8) is 0 Å². The van der Waals surface area contributed by atoms with Crippen LogP contribution in [0.1, 0.15) is 90.1 Å². The number of esters is 4. The number of carbonyl (C=O) groups is 8. The van der Waals surface area contributed by atoms with E-state index in [0.717, 1.165) is 55.0 Å². The van der Waals surface area contributed by atoms with E-state index in [4.69, 9.17) is 18.9 Å². The molecule has 4 aliphatic rings. The van der Waals surface area contributed by atoms with Crippen molar-refractivity contribution in [2.75, 3.05) is 0 Å². The minimum atomic E-state index is -2.81. The number of rotatable bonds is 14. The van der Waals surface area contributed by atoms with Gasteiger partial charge in [0.05, 0.1) is 25.6 Å². The average Bonchev–Trinajstić information content (AvgIpc) is 1.49. The van der Waals surface area contributed by atoms with E-state index in [1.165, 1.54) is 29.6 Å². The van der Waals surface area contributed by atoms with Crippen LogP contribution in [0.2, 0.25) is 0 Å². The van der Waals surface area contributed by atoms with E-state index in [-0.39, 0.29) is 87.0 Å². The normalized spacial score (nSPS) is 14.6. The Hall–Kier alpha value is -11.6. The van der Waals surface area contributed by atoms with Crippen LogP contribution in [-0.4, -0.2) is 47.0 Å². The molecule has 10 aromatic carbocycles. The molecule has 0 saturated heterocycles. The van der Waals surface area contributed by atoms with Gasteiger partial charge in [0.15, 0.2) is 23.1 Å². The molecule has 15 heteroatoms. The van der Waals surface area contributed by atoms with Crippen LogP contribution in [0.4, 0.5) is 0 Å². The summed E-state index contributed by atoms with van der Waals surface area (Å²) in [6, 6.07) is 67.5. The van der Waals surface area contributed by atoms with E-state index in [1.54, 1.807) is 152 Å². The zero-order valence-corrected chi connectivity index (χ0v) is 53.5. The standard InChI is InChI=1S/C82H48O12S3/c83-70-59-33-53-29-49-25-13-14-26-50(49)30-54(53)34-60(59)71(84)63(70)37-57-38-65-67(81(57,77(87)91-41-45-17-5-1-6-18-45)78(88)92-42-46-19-7-2-8-20-46)68-75(96-65)76-69(82(68,79(89)93-43-47-21-9-3-10-22-47)80(90)94-44-48-23-11-4-12-24-48)74-66(97-76)40-58(95-74)39-64-72(85)61-35-55-31-51-27-15-16-28-52(51)32-56(55)36-62(61)73(64)86/h1-40H,41-44H2. The molecule has 13 aromatic rings. The molecule has 3 aromatic heterocycles. The summed E-state index contributed by atoms with van der Waals surface area (Å²) in [5, 5.41) is 6.82. The van der Waals surface area contributed by atoms with Crippen molar-refractivity contribution in [2.24, 2.45) is 0 Å². The molecular weight excluding hydrogens is 1270 g/mol. The number of hydrogen-bond donors (Lipinski definition) is 0. The molecule has 0 amide bonds. The Bertz CT molecular complexity index is 5490. The highest BCUT2D eigenvalue weighted by Crippen LogP contribution is 2.66. The van der Waals surface area contributed by atoms with Crippen LogP contribution in [-0.2, 0) is 75.4 Å². The summed E-state index contributed by atoms with van der Waals surface area (Å²) in [5.74, 6) is -6.89. The van der Waals surface area contributed by atoms with Crippen molar-refractivity contribution >= 4 is 146 Å². The summed E-state index contributed by atoms with van der Waals surface area (Å²) in [5.41, 5.74) is -3.31. The first-order chi connectivity index (χ1) is 47.3. The first-order valence-corrected chi connectivity index (χ1v) is 33.7. The van der Waals surface area contributed by atoms with Gasteiger partial charge >= 0.3 is 23.9 Å². The molecule has 0 N–H and O–H groups in total. The van der Waals surface area contributed by atoms with Gasteiger partial charge in [-0.25, -0.2) is 0 Å². The Morgan fingerprint density at radius 1 is 0.340 bits per heavy atom. The molecule has 0 aliphatic heterocycles. The number of fused-ring (bicyclic) bond motifs is 13. The summed E-state index contributed by atoms with van der Waals surface area (Å²) in [6.07, 6.45) is 4.31. The van der Waals surface area contributed by atoms with Gasteiger partial charge in [0.2, 0.25) is 10.8 Å². The molecule has 0 saturated carbocycles. The third-order valence-electron chi connectivity index (χ3n) is 18.7. The van der Waals surface area contributed by atoms with Crippen LogP contribution in [0.15, 0.2) is 247 Å². The molecule has 4 aliphatic carbocycles. The lowest BCUT2D eigenvalue weighted by Crippen LogP contribution is -2.51. The maximum absolute atomic E-state index is 16.6. The van der Waals surface area contributed by atoms with Gasteiger partial charge in [-0.15, -0.1) is 34.0 Å². The van der Waals surface area contributed by atoms with E-state index >= 15 is 28.8 Å². The maximum Gasteiger partial charge on any atom is 0.333 e. The van der Waals surface area contributed by atoms with Crippen molar-refractivity contribution in [1.82, 2.24) is 0 Å². The first kappa shape index (κ1) is 59.1. The van der Waals surface area contributed by atoms with E-state index in [1.807, 2.05) is 72.8 Å². The van der Waals surface area contributed by atoms with E-state index in [0.29, 0.717) is 57.1 Å². The topological polar surface area (TPSA) is 173 Å². The van der Waals surface area contributed by atoms with Gasteiger partial charge < -0.3 is 18.9 Å². The largest absolute Gasteiger partial charge is 0.459 e. The highest BCUT2D eigenvalue weighted by atomic mass is 32.1. The van der Waals surface area contributed by atoms with Gasteiger partial charge in [-0.1, -0.05) is 170 Å². The number of ketones is 4. The van der Waals surface area contributed by atoms with E-state index in [9.17, 15) is 9.59 Å². The number of allylic oxidation sites excluding steroid dienone is 3. The number of thiophene rings is 3. The van der Waals surface area contributed by atoms with Gasteiger partial charge in [0, 0.05) is 53.4 Å². The van der Waals surface area contributed by atoms with Crippen molar-refractivity contribution in [2.45, 2.75) is 37.3 Å². The number of Topliss-reactive ketones (excluding diaryl/α,β-unsaturated/α-hetero) is 4. The number of hydrogen-bond acceptors (Lipinski definition) is 15. The fraction of sp³-hybridized carbons (Fsp3) is 0.0732. The summed E-state index contributed by atoms with van der Waals surface area (Å²) >= 11 is 3.45. The molecule has 3 heterocycles. The maximum atomic E-state index is 16.6. The highest BCUT2D eigenvalue weighted by molar-refractivity contribution is 7.32. The van der Waals surface area contributed by atoms with E-state index < -0.39 is 57.8 Å². The lowest BCUT2D eigenvalue weighted by atomic mass is 9.69. The lowest BCUT2D eigenvalue weighted by molar-refractivity contribution is -0.167. The summed E-state index contributed by atoms with van der Waals surface area (Å²) < 4.78 is 26.7. The number of carbonyl (C=O) groups excluding carboxylic acids is 8. The monoisotopic (exact) mass is 1320 g/mol. The fourth-order valence-electron chi connectivity index (χ4n) is 14.0.